The second kappa shape index (κ2) is 7.13. The van der Waals surface area contributed by atoms with Crippen molar-refractivity contribution in [2.24, 2.45) is 0 Å². The molecule has 0 saturated heterocycles. The molecule has 2 aromatic rings. The van der Waals surface area contributed by atoms with Gasteiger partial charge in [0.2, 0.25) is 0 Å². The van der Waals surface area contributed by atoms with Gasteiger partial charge in [0.05, 0.1) is 26.0 Å². The molecule has 21 heavy (non-hydrogen) atoms. The van der Waals surface area contributed by atoms with Gasteiger partial charge in [-0.2, -0.15) is 0 Å². The van der Waals surface area contributed by atoms with Gasteiger partial charge in [0.25, 0.3) is 0 Å². The van der Waals surface area contributed by atoms with Gasteiger partial charge in [-0.25, -0.2) is 4.98 Å². The second-order valence-corrected chi connectivity index (χ2v) is 5.04. The molecule has 114 valence electrons. The number of nitrogens with zero attached hydrogens (tertiary/aromatic N) is 1. The molecule has 1 N–H and O–H groups in total. The summed E-state index contributed by atoms with van der Waals surface area (Å²) >= 11 is 0. The molecule has 0 atom stereocenters. The number of ether oxygens (including phenoxy) is 2. The Bertz CT molecular complexity index is 579. The Kier molecular flexibility index (Phi) is 5.22. The smallest absolute Gasteiger partial charge is 0.196 e. The molecule has 1 aromatic heterocycles. The van der Waals surface area contributed by atoms with E-state index < -0.39 is 0 Å². The van der Waals surface area contributed by atoms with Crippen LogP contribution in [0.4, 0.5) is 0 Å². The molecule has 0 fully saturated rings. The molecule has 2 rings (SSSR count). The highest BCUT2D eigenvalue weighted by Crippen LogP contribution is 2.33. The van der Waals surface area contributed by atoms with Crippen LogP contribution in [0.5, 0.6) is 11.5 Å². The van der Waals surface area contributed by atoms with Crippen molar-refractivity contribution >= 4 is 0 Å². The quantitative estimate of drug-likeness (QED) is 0.849. The minimum atomic E-state index is 0.459. The number of methoxy groups -OCH3 is 2. The van der Waals surface area contributed by atoms with E-state index in [-0.39, 0.29) is 0 Å². The minimum absolute atomic E-state index is 0.459. The van der Waals surface area contributed by atoms with E-state index in [1.807, 2.05) is 18.2 Å². The van der Waals surface area contributed by atoms with Crippen LogP contribution in [0.1, 0.15) is 19.7 Å². The third-order valence-electron chi connectivity index (χ3n) is 3.12. The predicted octanol–water partition coefficient (Wildman–Crippen LogP) is 2.90. The van der Waals surface area contributed by atoms with Crippen LogP contribution in [-0.2, 0) is 6.42 Å². The third kappa shape index (κ3) is 3.98. The van der Waals surface area contributed by atoms with Crippen molar-refractivity contribution in [3.05, 3.63) is 30.3 Å². The van der Waals surface area contributed by atoms with Gasteiger partial charge >= 0.3 is 0 Å². The molecule has 5 heteroatoms. The molecule has 0 amide bonds. The lowest BCUT2D eigenvalue weighted by Crippen LogP contribution is -2.24. The number of aromatic nitrogens is 1. The predicted molar refractivity (Wildman–Crippen MR) is 81.9 cm³/mol. The summed E-state index contributed by atoms with van der Waals surface area (Å²) < 4.78 is 16.4. The molecule has 0 saturated carbocycles. The zero-order chi connectivity index (χ0) is 15.2. The van der Waals surface area contributed by atoms with E-state index in [1.54, 1.807) is 20.4 Å². The Hall–Kier alpha value is -2.01. The van der Waals surface area contributed by atoms with E-state index in [2.05, 4.69) is 24.1 Å². The first-order chi connectivity index (χ1) is 10.1. The summed E-state index contributed by atoms with van der Waals surface area (Å²) in [5, 5.41) is 3.34. The van der Waals surface area contributed by atoms with E-state index in [1.165, 1.54) is 0 Å². The molecule has 0 spiro atoms. The van der Waals surface area contributed by atoms with Gasteiger partial charge in [0.1, 0.15) is 11.5 Å². The summed E-state index contributed by atoms with van der Waals surface area (Å²) in [6.45, 7) is 5.07. The van der Waals surface area contributed by atoms with Crippen LogP contribution in [0.15, 0.2) is 28.8 Å². The van der Waals surface area contributed by atoms with Gasteiger partial charge < -0.3 is 19.2 Å². The third-order valence-corrected chi connectivity index (χ3v) is 3.12. The highest BCUT2D eigenvalue weighted by molar-refractivity contribution is 5.66. The van der Waals surface area contributed by atoms with Crippen molar-refractivity contribution in [2.45, 2.75) is 26.3 Å². The van der Waals surface area contributed by atoms with Gasteiger partial charge in [0.15, 0.2) is 11.7 Å². The highest BCUT2D eigenvalue weighted by atomic mass is 16.5. The first kappa shape index (κ1) is 15.4. The topological polar surface area (TPSA) is 56.5 Å². The Balaban J connectivity index is 2.13. The molecule has 0 aliphatic heterocycles. The van der Waals surface area contributed by atoms with Gasteiger partial charge in [-0.05, 0) is 12.1 Å². The lowest BCUT2D eigenvalue weighted by Gasteiger charge is -2.08. The summed E-state index contributed by atoms with van der Waals surface area (Å²) in [5.74, 6) is 2.87. The average Bonchev–Trinajstić information content (AvgIpc) is 2.94. The van der Waals surface area contributed by atoms with Gasteiger partial charge in [-0.3, -0.25) is 0 Å². The first-order valence-electron chi connectivity index (χ1n) is 7.04. The van der Waals surface area contributed by atoms with E-state index in [0.29, 0.717) is 17.6 Å². The van der Waals surface area contributed by atoms with Crippen LogP contribution in [0.25, 0.3) is 11.3 Å². The van der Waals surface area contributed by atoms with Crippen molar-refractivity contribution in [3.8, 4) is 22.8 Å². The van der Waals surface area contributed by atoms with Crippen LogP contribution in [0.3, 0.4) is 0 Å². The molecule has 0 aliphatic rings. The van der Waals surface area contributed by atoms with Crippen molar-refractivity contribution in [1.82, 2.24) is 10.3 Å². The maximum atomic E-state index is 5.80. The second-order valence-electron chi connectivity index (χ2n) is 5.04. The maximum Gasteiger partial charge on any atom is 0.196 e. The fourth-order valence-corrected chi connectivity index (χ4v) is 2.02. The van der Waals surface area contributed by atoms with Crippen molar-refractivity contribution in [1.29, 1.82) is 0 Å². The van der Waals surface area contributed by atoms with Gasteiger partial charge in [0, 0.05) is 25.1 Å². The Morgan fingerprint density at radius 2 is 2.05 bits per heavy atom. The number of oxazole rings is 1. The summed E-state index contributed by atoms with van der Waals surface area (Å²) in [7, 11) is 3.25. The molecule has 0 bridgehead atoms. The van der Waals surface area contributed by atoms with Crippen LogP contribution in [0.2, 0.25) is 0 Å². The SMILES string of the molecule is COc1ccc(-c2cnc(CCNC(C)C)o2)c(OC)c1. The summed E-state index contributed by atoms with van der Waals surface area (Å²) in [6.07, 6.45) is 2.49. The monoisotopic (exact) mass is 290 g/mol. The van der Waals surface area contributed by atoms with Crippen molar-refractivity contribution in [2.75, 3.05) is 20.8 Å². The normalized spacial score (nSPS) is 10.9. The number of nitrogens with one attached hydrogen (secondary N) is 1. The van der Waals surface area contributed by atoms with Gasteiger partial charge in [-0.1, -0.05) is 13.8 Å². The molecule has 5 nitrogen and oxygen atoms in total. The molecule has 0 aliphatic carbocycles. The average molecular weight is 290 g/mol. The lowest BCUT2D eigenvalue weighted by atomic mass is 10.1. The standard InChI is InChI=1S/C16H22N2O3/c1-11(2)17-8-7-16-18-10-15(21-16)13-6-5-12(19-3)9-14(13)20-4/h5-6,9-11,17H,7-8H2,1-4H3. The summed E-state index contributed by atoms with van der Waals surface area (Å²) in [6, 6.07) is 6.08. The van der Waals surface area contributed by atoms with E-state index >= 15 is 0 Å². The molecule has 0 unspecified atom stereocenters. The summed E-state index contributed by atoms with van der Waals surface area (Å²) in [4.78, 5) is 4.31. The van der Waals surface area contributed by atoms with Crippen LogP contribution in [0, 0.1) is 0 Å². The Morgan fingerprint density at radius 1 is 1.24 bits per heavy atom. The number of rotatable bonds is 7. The minimum Gasteiger partial charge on any atom is -0.497 e. The highest BCUT2D eigenvalue weighted by Gasteiger charge is 2.12. The number of hydrogen-bond acceptors (Lipinski definition) is 5. The Morgan fingerprint density at radius 3 is 2.71 bits per heavy atom. The lowest BCUT2D eigenvalue weighted by molar-refractivity contribution is 0.394. The first-order valence-corrected chi connectivity index (χ1v) is 7.04. The van der Waals surface area contributed by atoms with Crippen LogP contribution in [-0.4, -0.2) is 31.8 Å². The molecular formula is C16H22N2O3. The maximum absolute atomic E-state index is 5.80. The number of benzene rings is 1. The molecule has 0 radical (unpaired) electrons. The van der Waals surface area contributed by atoms with Crippen LogP contribution >= 0.6 is 0 Å². The fraction of sp³-hybridized carbons (Fsp3) is 0.438. The van der Waals surface area contributed by atoms with Crippen molar-refractivity contribution < 1.29 is 13.9 Å². The number of hydrogen-bond donors (Lipinski definition) is 1. The van der Waals surface area contributed by atoms with Gasteiger partial charge in [-0.15, -0.1) is 0 Å². The zero-order valence-corrected chi connectivity index (χ0v) is 13.0. The van der Waals surface area contributed by atoms with Crippen LogP contribution < -0.4 is 14.8 Å². The van der Waals surface area contributed by atoms with E-state index in [4.69, 9.17) is 13.9 Å². The van der Waals surface area contributed by atoms with E-state index in [0.717, 1.165) is 30.2 Å². The van der Waals surface area contributed by atoms with E-state index in [9.17, 15) is 0 Å². The Labute approximate surface area is 125 Å². The summed E-state index contributed by atoms with van der Waals surface area (Å²) in [5.41, 5.74) is 0.869. The molecule has 1 aromatic carbocycles. The fourth-order valence-electron chi connectivity index (χ4n) is 2.02. The molecular weight excluding hydrogens is 268 g/mol. The molecule has 1 heterocycles. The zero-order valence-electron chi connectivity index (χ0n) is 13.0. The van der Waals surface area contributed by atoms with Crippen molar-refractivity contribution in [3.63, 3.8) is 0 Å². The largest absolute Gasteiger partial charge is 0.497 e.